The molecule has 1 saturated carbocycles. The zero-order chi connectivity index (χ0) is 19.5. The highest BCUT2D eigenvalue weighted by atomic mass is 16.2. The average molecular weight is 374 g/mol. The molecule has 2 fully saturated rings. The monoisotopic (exact) mass is 373 g/mol. The lowest BCUT2D eigenvalue weighted by Gasteiger charge is -2.41. The first-order valence-electron chi connectivity index (χ1n) is 10.7. The standard InChI is InChI=1S/C26H31NO/c1-19-7-11-22(12-8-19)20(2)17-21-9-13-24(14-10-21)26(28)27-16-15-23-5-3-4-6-25(23)18-27/h7-14,23,25H,2-6,15-18H2,1H3/t23-,25+/m1/s1. The molecule has 0 unspecified atom stereocenters. The summed E-state index contributed by atoms with van der Waals surface area (Å²) in [5, 5.41) is 0. The van der Waals surface area contributed by atoms with Gasteiger partial charge in [-0.2, -0.15) is 0 Å². The Kier molecular flexibility index (Phi) is 5.66. The molecule has 28 heavy (non-hydrogen) atoms. The van der Waals surface area contributed by atoms with Crippen LogP contribution in [0.5, 0.6) is 0 Å². The third-order valence-electron chi connectivity index (χ3n) is 6.66. The van der Waals surface area contributed by atoms with Crippen LogP contribution < -0.4 is 0 Å². The summed E-state index contributed by atoms with van der Waals surface area (Å²) in [4.78, 5) is 15.1. The summed E-state index contributed by atoms with van der Waals surface area (Å²) in [6, 6.07) is 16.7. The number of aryl methyl sites for hydroxylation is 1. The number of carbonyl (C=O) groups is 1. The first-order valence-corrected chi connectivity index (χ1v) is 10.7. The van der Waals surface area contributed by atoms with Crippen molar-refractivity contribution < 1.29 is 4.79 Å². The predicted octanol–water partition coefficient (Wildman–Crippen LogP) is 5.90. The second kappa shape index (κ2) is 8.34. The lowest BCUT2D eigenvalue weighted by molar-refractivity contribution is 0.0521. The van der Waals surface area contributed by atoms with E-state index in [0.29, 0.717) is 0 Å². The van der Waals surface area contributed by atoms with E-state index in [9.17, 15) is 4.79 Å². The van der Waals surface area contributed by atoms with E-state index in [1.807, 2.05) is 12.1 Å². The van der Waals surface area contributed by atoms with Crippen molar-refractivity contribution in [3.8, 4) is 0 Å². The number of rotatable bonds is 4. The van der Waals surface area contributed by atoms with Crippen molar-refractivity contribution in [2.75, 3.05) is 13.1 Å². The van der Waals surface area contributed by atoms with Gasteiger partial charge >= 0.3 is 0 Å². The molecule has 0 spiro atoms. The van der Waals surface area contributed by atoms with Gasteiger partial charge in [0.15, 0.2) is 0 Å². The van der Waals surface area contributed by atoms with Gasteiger partial charge in [-0.1, -0.05) is 67.8 Å². The zero-order valence-electron chi connectivity index (χ0n) is 17.0. The molecule has 0 radical (unpaired) electrons. The van der Waals surface area contributed by atoms with Gasteiger partial charge in [0, 0.05) is 18.7 Å². The van der Waals surface area contributed by atoms with Crippen molar-refractivity contribution in [3.05, 3.63) is 77.4 Å². The highest BCUT2D eigenvalue weighted by molar-refractivity contribution is 5.94. The Labute approximate surface area is 169 Å². The van der Waals surface area contributed by atoms with Gasteiger partial charge in [-0.3, -0.25) is 4.79 Å². The number of hydrogen-bond donors (Lipinski definition) is 0. The fourth-order valence-corrected chi connectivity index (χ4v) is 4.87. The summed E-state index contributed by atoms with van der Waals surface area (Å²) in [5.41, 5.74) is 5.57. The number of amides is 1. The highest BCUT2D eigenvalue weighted by Gasteiger charge is 2.33. The maximum absolute atomic E-state index is 13.0. The van der Waals surface area contributed by atoms with Crippen LogP contribution >= 0.6 is 0 Å². The third kappa shape index (κ3) is 4.22. The average Bonchev–Trinajstić information content (AvgIpc) is 2.74. The van der Waals surface area contributed by atoms with Crippen LogP contribution in [0.1, 0.15) is 59.2 Å². The van der Waals surface area contributed by atoms with Crippen LogP contribution in [0, 0.1) is 18.8 Å². The van der Waals surface area contributed by atoms with E-state index in [-0.39, 0.29) is 5.91 Å². The number of nitrogens with zero attached hydrogens (tertiary/aromatic N) is 1. The Morgan fingerprint density at radius 1 is 0.929 bits per heavy atom. The summed E-state index contributed by atoms with van der Waals surface area (Å²) in [6.07, 6.45) is 7.38. The van der Waals surface area contributed by atoms with E-state index >= 15 is 0 Å². The largest absolute Gasteiger partial charge is 0.338 e. The smallest absolute Gasteiger partial charge is 0.253 e. The van der Waals surface area contributed by atoms with E-state index in [1.165, 1.54) is 48.8 Å². The molecule has 1 saturated heterocycles. The topological polar surface area (TPSA) is 20.3 Å². The second-order valence-electron chi connectivity index (χ2n) is 8.69. The van der Waals surface area contributed by atoms with Gasteiger partial charge < -0.3 is 4.90 Å². The van der Waals surface area contributed by atoms with Gasteiger partial charge in [0.2, 0.25) is 0 Å². The summed E-state index contributed by atoms with van der Waals surface area (Å²) in [7, 11) is 0. The Balaban J connectivity index is 1.38. The Hall–Kier alpha value is -2.35. The molecule has 2 atom stereocenters. The zero-order valence-corrected chi connectivity index (χ0v) is 17.0. The highest BCUT2D eigenvalue weighted by Crippen LogP contribution is 2.36. The molecule has 2 aromatic carbocycles. The Bertz CT molecular complexity index is 834. The van der Waals surface area contributed by atoms with Crippen LogP contribution in [-0.2, 0) is 6.42 Å². The minimum atomic E-state index is 0.202. The molecule has 1 amide bonds. The molecule has 1 aliphatic carbocycles. The Morgan fingerprint density at radius 3 is 2.29 bits per heavy atom. The molecule has 2 aliphatic rings. The van der Waals surface area contributed by atoms with Crippen molar-refractivity contribution in [1.82, 2.24) is 4.90 Å². The fraction of sp³-hybridized carbons (Fsp3) is 0.423. The fourth-order valence-electron chi connectivity index (χ4n) is 4.87. The van der Waals surface area contributed by atoms with Gasteiger partial charge in [-0.05, 0) is 66.9 Å². The number of hydrogen-bond acceptors (Lipinski definition) is 1. The van der Waals surface area contributed by atoms with E-state index in [0.717, 1.165) is 42.5 Å². The quantitative estimate of drug-likeness (QED) is 0.653. The number of carbonyl (C=O) groups excluding carboxylic acids is 1. The lowest BCUT2D eigenvalue weighted by atomic mass is 9.75. The summed E-state index contributed by atoms with van der Waals surface area (Å²) < 4.78 is 0. The second-order valence-corrected chi connectivity index (χ2v) is 8.69. The number of piperidine rings is 1. The molecule has 0 bridgehead atoms. The first-order chi connectivity index (χ1) is 13.6. The molecule has 0 N–H and O–H groups in total. The van der Waals surface area contributed by atoms with Crippen LogP contribution in [0.4, 0.5) is 0 Å². The van der Waals surface area contributed by atoms with Crippen LogP contribution in [0.3, 0.4) is 0 Å². The van der Waals surface area contributed by atoms with Crippen molar-refractivity contribution in [1.29, 1.82) is 0 Å². The molecule has 0 aromatic heterocycles. The summed E-state index contributed by atoms with van der Waals surface area (Å²) in [6.45, 7) is 8.22. The van der Waals surface area contributed by atoms with Crippen molar-refractivity contribution in [2.24, 2.45) is 11.8 Å². The van der Waals surface area contributed by atoms with Gasteiger partial charge in [0.1, 0.15) is 0 Å². The van der Waals surface area contributed by atoms with E-state index < -0.39 is 0 Å². The van der Waals surface area contributed by atoms with Crippen molar-refractivity contribution >= 4 is 11.5 Å². The molecule has 4 rings (SSSR count). The van der Waals surface area contributed by atoms with Crippen molar-refractivity contribution in [3.63, 3.8) is 0 Å². The normalized spacial score (nSPS) is 21.8. The van der Waals surface area contributed by atoms with Gasteiger partial charge in [-0.15, -0.1) is 0 Å². The van der Waals surface area contributed by atoms with E-state index in [2.05, 4.69) is 54.8 Å². The number of fused-ring (bicyclic) bond motifs is 1. The lowest BCUT2D eigenvalue weighted by Crippen LogP contribution is -2.44. The minimum absolute atomic E-state index is 0.202. The minimum Gasteiger partial charge on any atom is -0.338 e. The first kappa shape index (κ1) is 19.0. The predicted molar refractivity (Wildman–Crippen MR) is 116 cm³/mol. The molecule has 2 heteroatoms. The maximum atomic E-state index is 13.0. The van der Waals surface area contributed by atoms with Gasteiger partial charge in [0.25, 0.3) is 5.91 Å². The molecule has 2 aromatic rings. The Morgan fingerprint density at radius 2 is 1.57 bits per heavy atom. The molecule has 2 nitrogen and oxygen atoms in total. The summed E-state index contributed by atoms with van der Waals surface area (Å²) >= 11 is 0. The van der Waals surface area contributed by atoms with Gasteiger partial charge in [0.05, 0.1) is 0 Å². The molecule has 1 aliphatic heterocycles. The van der Waals surface area contributed by atoms with Crippen LogP contribution in [0.2, 0.25) is 0 Å². The summed E-state index contributed by atoms with van der Waals surface area (Å²) in [5.74, 6) is 1.78. The molecular formula is C26H31NO. The third-order valence-corrected chi connectivity index (χ3v) is 6.66. The van der Waals surface area contributed by atoms with E-state index in [1.54, 1.807) is 0 Å². The van der Waals surface area contributed by atoms with Crippen molar-refractivity contribution in [2.45, 2.75) is 45.4 Å². The number of likely N-dealkylation sites (tertiary alicyclic amines) is 1. The van der Waals surface area contributed by atoms with Gasteiger partial charge in [-0.25, -0.2) is 0 Å². The molecule has 1 heterocycles. The SMILES string of the molecule is C=C(Cc1ccc(C(=O)N2CC[C@H]3CCCC[C@H]3C2)cc1)c1ccc(C)cc1. The number of benzene rings is 2. The maximum Gasteiger partial charge on any atom is 0.253 e. The molecular weight excluding hydrogens is 342 g/mol. The molecule has 146 valence electrons. The van der Waals surface area contributed by atoms with Crippen LogP contribution in [0.15, 0.2) is 55.1 Å². The van der Waals surface area contributed by atoms with Crippen LogP contribution in [-0.4, -0.2) is 23.9 Å². The van der Waals surface area contributed by atoms with E-state index in [4.69, 9.17) is 0 Å². The number of allylic oxidation sites excluding steroid dienone is 1. The van der Waals surface area contributed by atoms with Crippen LogP contribution in [0.25, 0.3) is 5.57 Å².